The van der Waals surface area contributed by atoms with Gasteiger partial charge in [-0.25, -0.2) is 0 Å². The average Bonchev–Trinajstić information content (AvgIpc) is 2.39. The van der Waals surface area contributed by atoms with Crippen LogP contribution in [0.2, 0.25) is 0 Å². The highest BCUT2D eigenvalue weighted by molar-refractivity contribution is 9.10. The van der Waals surface area contributed by atoms with Crippen LogP contribution >= 0.6 is 15.9 Å². The Balaban J connectivity index is 3.36. The number of ether oxygens (including phenoxy) is 1. The number of hydrogen-bond acceptors (Lipinski definition) is 3. The van der Waals surface area contributed by atoms with Crippen molar-refractivity contribution >= 4 is 27.9 Å². The molecule has 1 unspecified atom stereocenters. The number of carbonyl (C=O) groups excluding carboxylic acids is 1. The smallest absolute Gasteiger partial charge is 0.328 e. The van der Waals surface area contributed by atoms with Gasteiger partial charge in [-0.3, -0.25) is 9.59 Å². The molecule has 1 rings (SSSR count). The average molecular weight is 343 g/mol. The number of halogens is 1. The summed E-state index contributed by atoms with van der Waals surface area (Å²) >= 11 is 3.31. The van der Waals surface area contributed by atoms with E-state index in [1.807, 2.05) is 6.92 Å². The third kappa shape index (κ3) is 3.39. The molecule has 0 amide bonds. The predicted molar refractivity (Wildman–Crippen MR) is 79.6 cm³/mol. The van der Waals surface area contributed by atoms with Crippen molar-refractivity contribution in [1.29, 1.82) is 0 Å². The Bertz CT molecular complexity index is 487. The third-order valence-electron chi connectivity index (χ3n) is 3.21. The summed E-state index contributed by atoms with van der Waals surface area (Å²) in [6, 6.07) is 6.84. The Morgan fingerprint density at radius 3 is 2.55 bits per heavy atom. The normalized spacial score (nSPS) is 13.6. The van der Waals surface area contributed by atoms with Crippen molar-refractivity contribution in [2.75, 3.05) is 6.61 Å². The summed E-state index contributed by atoms with van der Waals surface area (Å²) in [6.07, 6.45) is 1.67. The van der Waals surface area contributed by atoms with Crippen molar-refractivity contribution in [2.24, 2.45) is 0 Å². The van der Waals surface area contributed by atoms with Gasteiger partial charge in [-0.05, 0) is 31.0 Å². The van der Waals surface area contributed by atoms with Gasteiger partial charge in [-0.15, -0.1) is 0 Å². The number of rotatable bonds is 7. The molecule has 1 N–H and O–H groups in total. The number of benzene rings is 1. The topological polar surface area (TPSA) is 63.6 Å². The van der Waals surface area contributed by atoms with Crippen LogP contribution in [0.25, 0.3) is 0 Å². The van der Waals surface area contributed by atoms with E-state index in [2.05, 4.69) is 15.9 Å². The largest absolute Gasteiger partial charge is 0.480 e. The fraction of sp³-hybridized carbons (Fsp3) is 0.467. The quantitative estimate of drug-likeness (QED) is 0.608. The Morgan fingerprint density at radius 2 is 2.05 bits per heavy atom. The highest BCUT2D eigenvalue weighted by atomic mass is 79.9. The fourth-order valence-corrected chi connectivity index (χ4v) is 2.53. The lowest BCUT2D eigenvalue weighted by Gasteiger charge is -2.27. The molecule has 0 spiro atoms. The molecule has 0 saturated heterocycles. The zero-order valence-corrected chi connectivity index (χ0v) is 13.3. The molecule has 4 nitrogen and oxygen atoms in total. The van der Waals surface area contributed by atoms with E-state index < -0.39 is 17.4 Å². The van der Waals surface area contributed by atoms with Gasteiger partial charge in [0.25, 0.3) is 0 Å². The Hall–Kier alpha value is -1.36. The van der Waals surface area contributed by atoms with Crippen molar-refractivity contribution in [1.82, 2.24) is 0 Å². The van der Waals surface area contributed by atoms with E-state index in [1.165, 1.54) is 0 Å². The first-order chi connectivity index (χ1) is 9.48. The van der Waals surface area contributed by atoms with Crippen LogP contribution in [0, 0.1) is 0 Å². The van der Waals surface area contributed by atoms with Gasteiger partial charge in [0.15, 0.2) is 5.41 Å². The minimum absolute atomic E-state index is 0.161. The number of esters is 1. The molecule has 0 aromatic heterocycles. The summed E-state index contributed by atoms with van der Waals surface area (Å²) in [4.78, 5) is 24.1. The second kappa shape index (κ2) is 7.43. The lowest BCUT2D eigenvalue weighted by Crippen LogP contribution is -2.45. The molecular weight excluding hydrogens is 324 g/mol. The minimum atomic E-state index is -1.63. The van der Waals surface area contributed by atoms with Crippen molar-refractivity contribution in [2.45, 2.75) is 38.5 Å². The van der Waals surface area contributed by atoms with E-state index in [-0.39, 0.29) is 13.0 Å². The summed E-state index contributed by atoms with van der Waals surface area (Å²) in [5.74, 6) is -1.86. The third-order valence-corrected chi connectivity index (χ3v) is 3.70. The second-order valence-corrected chi connectivity index (χ2v) is 5.46. The number of carboxylic acid groups (broad SMARTS) is 1. The van der Waals surface area contributed by atoms with Crippen LogP contribution in [0.1, 0.15) is 38.7 Å². The molecule has 20 heavy (non-hydrogen) atoms. The molecule has 110 valence electrons. The SMILES string of the molecule is CCCCC(C(=O)O)(C(=O)OCC)c1cccc(Br)c1. The van der Waals surface area contributed by atoms with Gasteiger partial charge in [0, 0.05) is 4.47 Å². The van der Waals surface area contributed by atoms with Crippen LogP contribution < -0.4 is 0 Å². The van der Waals surface area contributed by atoms with Gasteiger partial charge >= 0.3 is 11.9 Å². The molecule has 5 heteroatoms. The van der Waals surface area contributed by atoms with Crippen molar-refractivity contribution in [3.05, 3.63) is 34.3 Å². The van der Waals surface area contributed by atoms with Gasteiger partial charge in [0.1, 0.15) is 0 Å². The molecule has 0 aliphatic rings. The van der Waals surface area contributed by atoms with E-state index in [9.17, 15) is 14.7 Å². The highest BCUT2D eigenvalue weighted by Crippen LogP contribution is 2.33. The van der Waals surface area contributed by atoms with Crippen molar-refractivity contribution in [3.8, 4) is 0 Å². The second-order valence-electron chi connectivity index (χ2n) is 4.54. The molecular formula is C15H19BrO4. The standard InChI is InChI=1S/C15H19BrO4/c1-3-5-9-15(13(17)18,14(19)20-4-2)11-7-6-8-12(16)10-11/h6-8,10H,3-5,9H2,1-2H3,(H,17,18). The van der Waals surface area contributed by atoms with Crippen LogP contribution in [-0.2, 0) is 19.7 Å². The summed E-state index contributed by atoms with van der Waals surface area (Å²) in [5, 5.41) is 9.68. The Kier molecular flexibility index (Phi) is 6.20. The molecule has 1 aromatic carbocycles. The molecule has 0 heterocycles. The number of carbonyl (C=O) groups is 2. The van der Waals surface area contributed by atoms with Crippen molar-refractivity contribution in [3.63, 3.8) is 0 Å². The van der Waals surface area contributed by atoms with Crippen LogP contribution in [0.5, 0.6) is 0 Å². The highest BCUT2D eigenvalue weighted by Gasteiger charge is 2.48. The molecule has 0 saturated carbocycles. The van der Waals surface area contributed by atoms with Gasteiger partial charge < -0.3 is 9.84 Å². The van der Waals surface area contributed by atoms with Crippen LogP contribution in [0.3, 0.4) is 0 Å². The first-order valence-electron chi connectivity index (χ1n) is 6.65. The fourth-order valence-electron chi connectivity index (χ4n) is 2.13. The van der Waals surface area contributed by atoms with Gasteiger partial charge in [-0.1, -0.05) is 47.8 Å². The zero-order chi connectivity index (χ0) is 15.2. The van der Waals surface area contributed by atoms with Gasteiger partial charge in [0.05, 0.1) is 6.61 Å². The van der Waals surface area contributed by atoms with E-state index in [1.54, 1.807) is 31.2 Å². The number of unbranched alkanes of at least 4 members (excludes halogenated alkanes) is 1. The van der Waals surface area contributed by atoms with Gasteiger partial charge in [-0.2, -0.15) is 0 Å². The number of carboxylic acids is 1. The van der Waals surface area contributed by atoms with Crippen LogP contribution in [0.4, 0.5) is 0 Å². The number of aliphatic carboxylic acids is 1. The summed E-state index contributed by atoms with van der Waals surface area (Å²) in [5.41, 5.74) is -1.18. The molecule has 0 fully saturated rings. The maximum atomic E-state index is 12.3. The van der Waals surface area contributed by atoms with Crippen LogP contribution in [0.15, 0.2) is 28.7 Å². The van der Waals surface area contributed by atoms with E-state index >= 15 is 0 Å². The summed E-state index contributed by atoms with van der Waals surface area (Å²) < 4.78 is 5.76. The molecule has 1 aromatic rings. The molecule has 0 aliphatic heterocycles. The lowest BCUT2D eigenvalue weighted by atomic mass is 9.76. The molecule has 0 bridgehead atoms. The Labute approximate surface area is 127 Å². The van der Waals surface area contributed by atoms with E-state index in [0.717, 1.165) is 10.9 Å². The molecule has 0 aliphatic carbocycles. The Morgan fingerprint density at radius 1 is 1.35 bits per heavy atom. The summed E-state index contributed by atoms with van der Waals surface area (Å²) in [7, 11) is 0. The maximum absolute atomic E-state index is 12.3. The zero-order valence-electron chi connectivity index (χ0n) is 11.7. The minimum Gasteiger partial charge on any atom is -0.480 e. The lowest BCUT2D eigenvalue weighted by molar-refractivity contribution is -0.162. The first-order valence-corrected chi connectivity index (χ1v) is 7.45. The van der Waals surface area contributed by atoms with Crippen molar-refractivity contribution < 1.29 is 19.4 Å². The monoisotopic (exact) mass is 342 g/mol. The predicted octanol–water partition coefficient (Wildman–Crippen LogP) is 3.52. The van der Waals surface area contributed by atoms with E-state index in [0.29, 0.717) is 12.0 Å². The summed E-state index contributed by atoms with van der Waals surface area (Å²) in [6.45, 7) is 3.79. The molecule has 1 atom stereocenters. The molecule has 0 radical (unpaired) electrons. The van der Waals surface area contributed by atoms with Gasteiger partial charge in [0.2, 0.25) is 0 Å². The first kappa shape index (κ1) is 16.7. The van der Waals surface area contributed by atoms with E-state index in [4.69, 9.17) is 4.74 Å². The number of hydrogen-bond donors (Lipinski definition) is 1. The van der Waals surface area contributed by atoms with Crippen LogP contribution in [-0.4, -0.2) is 23.7 Å². The maximum Gasteiger partial charge on any atom is 0.328 e.